The summed E-state index contributed by atoms with van der Waals surface area (Å²) in [6.45, 7) is 0. The van der Waals surface area contributed by atoms with Gasteiger partial charge in [-0.3, -0.25) is 10.1 Å². The Morgan fingerprint density at radius 2 is 1.63 bits per heavy atom. The Kier molecular flexibility index (Phi) is 7.23. The fourth-order valence-electron chi connectivity index (χ4n) is 3.18. The average Bonchev–Trinajstić information content (AvgIpc) is 3.30. The number of aromatic nitrogens is 3. The molecule has 0 unspecified atom stereocenters. The van der Waals surface area contributed by atoms with E-state index in [-0.39, 0.29) is 28.7 Å². The van der Waals surface area contributed by atoms with Gasteiger partial charge in [0.05, 0.1) is 5.69 Å². The van der Waals surface area contributed by atoms with Crippen LogP contribution in [-0.2, 0) is 6.18 Å². The Balaban J connectivity index is 1.47. The van der Waals surface area contributed by atoms with Gasteiger partial charge in [0.25, 0.3) is 5.91 Å². The minimum atomic E-state index is -4.79. The number of hydrogen-bond acceptors (Lipinski definition) is 5. The van der Waals surface area contributed by atoms with E-state index in [4.69, 9.17) is 4.74 Å². The molecule has 2 aromatic carbocycles. The number of anilines is 2. The van der Waals surface area contributed by atoms with Gasteiger partial charge in [-0.05, 0) is 48.5 Å². The molecule has 4 rings (SSSR count). The van der Waals surface area contributed by atoms with Crippen molar-refractivity contribution >= 4 is 23.4 Å². The van der Waals surface area contributed by atoms with Crippen molar-refractivity contribution in [2.75, 3.05) is 17.7 Å². The summed E-state index contributed by atoms with van der Waals surface area (Å²) in [5, 5.41) is 10.4. The summed E-state index contributed by atoms with van der Waals surface area (Å²) in [6.07, 6.45) is -3.59. The van der Waals surface area contributed by atoms with E-state index in [2.05, 4.69) is 26.0 Å². The van der Waals surface area contributed by atoms with Crippen LogP contribution in [0.2, 0.25) is 0 Å². The molecule has 14 heteroatoms. The predicted molar refractivity (Wildman–Crippen MR) is 125 cm³/mol. The third-order valence-corrected chi connectivity index (χ3v) is 4.95. The number of benzene rings is 2. The SMILES string of the molecule is CNC(=O)c1nccc(Oc2ccc(NC(=O)Nc3cc(C(F)(F)F)nn3-c3ccc(F)cc3)cc2)c1F. The maximum atomic E-state index is 14.5. The summed E-state index contributed by atoms with van der Waals surface area (Å²) in [4.78, 5) is 27.9. The van der Waals surface area contributed by atoms with Gasteiger partial charge < -0.3 is 15.4 Å². The molecule has 0 bridgehead atoms. The summed E-state index contributed by atoms with van der Waals surface area (Å²) < 4.78 is 73.7. The molecule has 0 saturated heterocycles. The highest BCUT2D eigenvalue weighted by Gasteiger charge is 2.35. The molecule has 9 nitrogen and oxygen atoms in total. The molecular weight excluding hydrogens is 515 g/mol. The summed E-state index contributed by atoms with van der Waals surface area (Å²) in [5.74, 6) is -2.72. The number of hydrogen-bond donors (Lipinski definition) is 3. The van der Waals surface area contributed by atoms with Gasteiger partial charge >= 0.3 is 12.2 Å². The smallest absolute Gasteiger partial charge is 0.435 e. The number of urea groups is 1. The van der Waals surface area contributed by atoms with E-state index in [0.717, 1.165) is 16.8 Å². The number of pyridine rings is 1. The average molecular weight is 532 g/mol. The quantitative estimate of drug-likeness (QED) is 0.290. The zero-order chi connectivity index (χ0) is 27.4. The first-order chi connectivity index (χ1) is 18.0. The van der Waals surface area contributed by atoms with Crippen LogP contribution in [0.3, 0.4) is 0 Å². The molecule has 0 atom stereocenters. The lowest BCUT2D eigenvalue weighted by Gasteiger charge is -2.11. The van der Waals surface area contributed by atoms with Crippen LogP contribution in [0.15, 0.2) is 66.9 Å². The maximum absolute atomic E-state index is 14.5. The van der Waals surface area contributed by atoms with Gasteiger partial charge in [-0.25, -0.2) is 23.2 Å². The van der Waals surface area contributed by atoms with Crippen molar-refractivity contribution in [3.63, 3.8) is 0 Å². The van der Waals surface area contributed by atoms with E-state index in [1.807, 2.05) is 0 Å². The van der Waals surface area contributed by atoms with E-state index < -0.39 is 41.1 Å². The molecule has 0 aliphatic heterocycles. The Bertz CT molecular complexity index is 1470. The van der Waals surface area contributed by atoms with Crippen LogP contribution in [0.25, 0.3) is 5.69 Å². The Labute approximate surface area is 211 Å². The van der Waals surface area contributed by atoms with Crippen molar-refractivity contribution < 1.29 is 36.3 Å². The molecule has 3 N–H and O–H groups in total. The minimum Gasteiger partial charge on any atom is -0.454 e. The second-order valence-corrected chi connectivity index (χ2v) is 7.56. The third-order valence-electron chi connectivity index (χ3n) is 4.95. The largest absolute Gasteiger partial charge is 0.454 e. The first-order valence-electron chi connectivity index (χ1n) is 10.7. The molecule has 0 spiro atoms. The summed E-state index contributed by atoms with van der Waals surface area (Å²) in [5.41, 5.74) is -1.41. The van der Waals surface area contributed by atoms with E-state index >= 15 is 0 Å². The topological polar surface area (TPSA) is 110 Å². The van der Waals surface area contributed by atoms with Crippen LogP contribution in [0.4, 0.5) is 38.3 Å². The van der Waals surface area contributed by atoms with Crippen molar-refractivity contribution in [3.05, 3.63) is 89.9 Å². The molecule has 196 valence electrons. The van der Waals surface area contributed by atoms with Crippen molar-refractivity contribution in [2.45, 2.75) is 6.18 Å². The van der Waals surface area contributed by atoms with E-state index in [1.54, 1.807) is 0 Å². The first kappa shape index (κ1) is 26.1. The van der Waals surface area contributed by atoms with Gasteiger partial charge in [0.2, 0.25) is 0 Å². The number of halogens is 5. The number of rotatable bonds is 6. The van der Waals surface area contributed by atoms with Crippen LogP contribution >= 0.6 is 0 Å². The second kappa shape index (κ2) is 10.5. The standard InChI is InChI=1S/C24H17F5N6O3/c1-30-22(36)21-20(26)17(10-11-31-21)38-16-8-4-14(5-9-16)32-23(37)33-19-12-18(24(27,28)29)34-35(19)15-6-2-13(25)3-7-15/h2-12H,1H3,(H,30,36)(H2,32,33,37). The number of amides is 3. The Morgan fingerprint density at radius 1 is 0.947 bits per heavy atom. The lowest BCUT2D eigenvalue weighted by atomic mass is 10.3. The van der Waals surface area contributed by atoms with Gasteiger partial charge in [-0.1, -0.05) is 0 Å². The number of carbonyl (C=O) groups is 2. The predicted octanol–water partition coefficient (Wildman–Crippen LogP) is 5.36. The minimum absolute atomic E-state index is 0.0848. The van der Waals surface area contributed by atoms with Crippen LogP contribution in [0.5, 0.6) is 11.5 Å². The molecule has 2 aromatic heterocycles. The Morgan fingerprint density at radius 3 is 2.26 bits per heavy atom. The van der Waals surface area contributed by atoms with Crippen molar-refractivity contribution in [2.24, 2.45) is 0 Å². The fourth-order valence-corrected chi connectivity index (χ4v) is 3.18. The molecular formula is C24H17F5N6O3. The number of nitrogens with one attached hydrogen (secondary N) is 3. The molecule has 3 amide bonds. The number of alkyl halides is 3. The van der Waals surface area contributed by atoms with Crippen LogP contribution in [-0.4, -0.2) is 33.8 Å². The van der Waals surface area contributed by atoms with Gasteiger partial charge in [0.1, 0.15) is 17.4 Å². The molecule has 0 aliphatic carbocycles. The molecule has 38 heavy (non-hydrogen) atoms. The summed E-state index contributed by atoms with van der Waals surface area (Å²) in [6, 6.07) is 11.0. The fraction of sp³-hybridized carbons (Fsp3) is 0.0833. The first-order valence-corrected chi connectivity index (χ1v) is 10.7. The highest BCUT2D eigenvalue weighted by Crippen LogP contribution is 2.31. The van der Waals surface area contributed by atoms with Gasteiger partial charge in [0.15, 0.2) is 23.0 Å². The third kappa shape index (κ3) is 5.86. The van der Waals surface area contributed by atoms with Crippen molar-refractivity contribution in [3.8, 4) is 17.2 Å². The zero-order valence-electron chi connectivity index (χ0n) is 19.3. The van der Waals surface area contributed by atoms with Gasteiger partial charge in [0, 0.05) is 31.1 Å². The van der Waals surface area contributed by atoms with Crippen LogP contribution in [0, 0.1) is 11.6 Å². The molecule has 0 aliphatic rings. The van der Waals surface area contributed by atoms with Crippen molar-refractivity contribution in [1.29, 1.82) is 0 Å². The van der Waals surface area contributed by atoms with Crippen LogP contribution in [0.1, 0.15) is 16.2 Å². The maximum Gasteiger partial charge on any atom is 0.435 e. The summed E-state index contributed by atoms with van der Waals surface area (Å²) >= 11 is 0. The zero-order valence-corrected chi connectivity index (χ0v) is 19.3. The lowest BCUT2D eigenvalue weighted by Crippen LogP contribution is -2.21. The van der Waals surface area contributed by atoms with E-state index in [0.29, 0.717) is 6.07 Å². The monoisotopic (exact) mass is 532 g/mol. The normalized spacial score (nSPS) is 11.1. The van der Waals surface area contributed by atoms with Crippen molar-refractivity contribution in [1.82, 2.24) is 20.1 Å². The molecule has 2 heterocycles. The Hall–Kier alpha value is -5.01. The molecule has 0 saturated carbocycles. The van der Waals surface area contributed by atoms with E-state index in [9.17, 15) is 31.5 Å². The van der Waals surface area contributed by atoms with Gasteiger partial charge in [-0.2, -0.15) is 18.3 Å². The summed E-state index contributed by atoms with van der Waals surface area (Å²) in [7, 11) is 1.32. The number of carbonyl (C=O) groups excluding carboxylic acids is 2. The van der Waals surface area contributed by atoms with E-state index in [1.165, 1.54) is 55.7 Å². The van der Waals surface area contributed by atoms with Gasteiger partial charge in [-0.15, -0.1) is 0 Å². The highest BCUT2D eigenvalue weighted by molar-refractivity contribution is 5.99. The number of nitrogens with zero attached hydrogens (tertiary/aromatic N) is 3. The van der Waals surface area contributed by atoms with Crippen LogP contribution < -0.4 is 20.7 Å². The molecule has 0 fully saturated rings. The second-order valence-electron chi connectivity index (χ2n) is 7.56. The lowest BCUT2D eigenvalue weighted by molar-refractivity contribution is -0.141. The number of ether oxygens (including phenoxy) is 1. The highest BCUT2D eigenvalue weighted by atomic mass is 19.4. The molecule has 0 radical (unpaired) electrons. The molecule has 4 aromatic rings.